The fraction of sp³-hybridized carbons (Fsp3) is 0.400. The molecule has 7 nitrogen and oxygen atoms in total. The predicted molar refractivity (Wildman–Crippen MR) is 131 cm³/mol. The van der Waals surface area contributed by atoms with Crippen LogP contribution in [0.15, 0.2) is 54.9 Å². The summed E-state index contributed by atoms with van der Waals surface area (Å²) in [4.78, 5) is 15.7. The summed E-state index contributed by atoms with van der Waals surface area (Å²) in [6.07, 6.45) is 7.23. The van der Waals surface area contributed by atoms with Crippen LogP contribution < -0.4 is 16.4 Å². The fourth-order valence-electron chi connectivity index (χ4n) is 4.10. The van der Waals surface area contributed by atoms with E-state index in [-0.39, 0.29) is 0 Å². The third-order valence-electron chi connectivity index (χ3n) is 5.89. The van der Waals surface area contributed by atoms with E-state index in [0.29, 0.717) is 11.8 Å². The maximum atomic E-state index is 5.69. The summed E-state index contributed by atoms with van der Waals surface area (Å²) in [6, 6.07) is 14.1. The fourth-order valence-corrected chi connectivity index (χ4v) is 4.10. The summed E-state index contributed by atoms with van der Waals surface area (Å²) < 4.78 is 0. The molecule has 1 fully saturated rings. The Hall–Kier alpha value is -3.03. The third kappa shape index (κ3) is 6.24. The maximum Gasteiger partial charge on any atom is 0.227 e. The first-order valence-corrected chi connectivity index (χ1v) is 11.5. The second-order valence-electron chi connectivity index (χ2n) is 8.49. The Balaban J connectivity index is 1.34. The molecule has 4 rings (SSSR count). The van der Waals surface area contributed by atoms with Gasteiger partial charge in [0.1, 0.15) is 5.82 Å². The van der Waals surface area contributed by atoms with Gasteiger partial charge in [-0.15, -0.1) is 0 Å². The standard InChI is InChI=1S/C25H33N7/c1-2-11-27-16-19-9-13-32(14-10-19)18-20-4-3-5-22(15-20)30-25-28-12-8-23(31-25)21-6-7-24(26)29-17-21/h3-8,12,15,17,19,27H,2,9-11,13-14,16,18H2,1H3,(H2,26,29)(H,28,30,31). The zero-order valence-electron chi connectivity index (χ0n) is 18.8. The number of aromatic nitrogens is 3. The van der Waals surface area contributed by atoms with Gasteiger partial charge in [0.25, 0.3) is 0 Å². The van der Waals surface area contributed by atoms with Crippen LogP contribution in [-0.4, -0.2) is 46.0 Å². The summed E-state index contributed by atoms with van der Waals surface area (Å²) in [5.41, 5.74) is 9.70. The van der Waals surface area contributed by atoms with E-state index in [2.05, 4.69) is 61.7 Å². The molecule has 0 bridgehead atoms. The van der Waals surface area contributed by atoms with Crippen LogP contribution in [0, 0.1) is 5.92 Å². The molecular weight excluding hydrogens is 398 g/mol. The van der Waals surface area contributed by atoms with Crippen LogP contribution in [0.5, 0.6) is 0 Å². The molecule has 0 amide bonds. The van der Waals surface area contributed by atoms with Gasteiger partial charge in [-0.1, -0.05) is 19.1 Å². The van der Waals surface area contributed by atoms with Crippen molar-refractivity contribution in [3.05, 3.63) is 60.4 Å². The average Bonchev–Trinajstić information content (AvgIpc) is 2.81. The lowest BCUT2D eigenvalue weighted by Gasteiger charge is -2.32. The second kappa shape index (κ2) is 11.0. The number of anilines is 3. The van der Waals surface area contributed by atoms with Gasteiger partial charge < -0.3 is 16.4 Å². The monoisotopic (exact) mass is 431 g/mol. The normalized spacial score (nSPS) is 15.0. The number of hydrogen-bond acceptors (Lipinski definition) is 7. The van der Waals surface area contributed by atoms with Crippen molar-refractivity contribution in [3.63, 3.8) is 0 Å². The minimum Gasteiger partial charge on any atom is -0.384 e. The van der Waals surface area contributed by atoms with Crippen LogP contribution in [0.4, 0.5) is 17.5 Å². The number of nitrogens with zero attached hydrogens (tertiary/aromatic N) is 4. The Labute approximate surface area is 190 Å². The molecule has 1 aliphatic heterocycles. The molecule has 3 heterocycles. The van der Waals surface area contributed by atoms with Gasteiger partial charge in [-0.25, -0.2) is 15.0 Å². The number of rotatable bonds is 9. The number of nitrogens with two attached hydrogens (primary N) is 1. The summed E-state index contributed by atoms with van der Waals surface area (Å²) in [7, 11) is 0. The molecule has 0 radical (unpaired) electrons. The van der Waals surface area contributed by atoms with E-state index < -0.39 is 0 Å². The lowest BCUT2D eigenvalue weighted by molar-refractivity contribution is 0.175. The van der Waals surface area contributed by atoms with Crippen LogP contribution in [0.3, 0.4) is 0 Å². The Morgan fingerprint density at radius 1 is 1.09 bits per heavy atom. The van der Waals surface area contributed by atoms with Crippen molar-refractivity contribution in [2.75, 3.05) is 37.2 Å². The molecule has 1 aromatic carbocycles. The van der Waals surface area contributed by atoms with Gasteiger partial charge in [0.2, 0.25) is 5.95 Å². The summed E-state index contributed by atoms with van der Waals surface area (Å²) in [6.45, 7) is 7.81. The highest BCUT2D eigenvalue weighted by molar-refractivity contribution is 5.62. The first-order chi connectivity index (χ1) is 15.7. The van der Waals surface area contributed by atoms with Crippen LogP contribution in [0.25, 0.3) is 11.3 Å². The zero-order valence-corrected chi connectivity index (χ0v) is 18.8. The largest absolute Gasteiger partial charge is 0.384 e. The molecule has 1 saturated heterocycles. The Morgan fingerprint density at radius 2 is 1.97 bits per heavy atom. The van der Waals surface area contributed by atoms with E-state index >= 15 is 0 Å². The van der Waals surface area contributed by atoms with Gasteiger partial charge in [-0.05, 0) is 87.3 Å². The molecule has 1 aliphatic rings. The van der Waals surface area contributed by atoms with E-state index in [1.54, 1.807) is 18.5 Å². The van der Waals surface area contributed by atoms with Gasteiger partial charge >= 0.3 is 0 Å². The Bertz CT molecular complexity index is 982. The van der Waals surface area contributed by atoms with Gasteiger partial charge in [-0.2, -0.15) is 0 Å². The summed E-state index contributed by atoms with van der Waals surface area (Å²) in [5.74, 6) is 1.87. The van der Waals surface area contributed by atoms with Gasteiger partial charge in [0.15, 0.2) is 0 Å². The molecule has 7 heteroatoms. The predicted octanol–water partition coefficient (Wildman–Crippen LogP) is 4.08. The molecule has 0 atom stereocenters. The van der Waals surface area contributed by atoms with Crippen LogP contribution in [-0.2, 0) is 6.54 Å². The number of likely N-dealkylation sites (tertiary alicyclic amines) is 1. The van der Waals surface area contributed by atoms with Crippen LogP contribution in [0.2, 0.25) is 0 Å². The third-order valence-corrected chi connectivity index (χ3v) is 5.89. The minimum atomic E-state index is 0.496. The quantitative estimate of drug-likeness (QED) is 0.440. The van der Waals surface area contributed by atoms with Gasteiger partial charge in [-0.3, -0.25) is 4.90 Å². The highest BCUT2D eigenvalue weighted by atomic mass is 15.1. The van der Waals surface area contributed by atoms with Crippen molar-refractivity contribution in [2.24, 2.45) is 5.92 Å². The number of nitrogen functional groups attached to an aromatic ring is 1. The molecule has 32 heavy (non-hydrogen) atoms. The first kappa shape index (κ1) is 22.2. The molecule has 0 spiro atoms. The zero-order chi connectivity index (χ0) is 22.2. The van der Waals surface area contributed by atoms with Gasteiger partial charge in [0.05, 0.1) is 5.69 Å². The van der Waals surface area contributed by atoms with E-state index in [4.69, 9.17) is 5.73 Å². The molecule has 2 aromatic heterocycles. The topological polar surface area (TPSA) is 92.0 Å². The average molecular weight is 432 g/mol. The maximum absolute atomic E-state index is 5.69. The number of benzene rings is 1. The molecule has 0 saturated carbocycles. The van der Waals surface area contributed by atoms with Crippen molar-refractivity contribution in [2.45, 2.75) is 32.7 Å². The lowest BCUT2D eigenvalue weighted by Crippen LogP contribution is -2.37. The lowest BCUT2D eigenvalue weighted by atomic mass is 9.96. The first-order valence-electron chi connectivity index (χ1n) is 11.5. The highest BCUT2D eigenvalue weighted by Crippen LogP contribution is 2.22. The number of piperidine rings is 1. The SMILES string of the molecule is CCCNCC1CCN(Cc2cccc(Nc3nccc(-c4ccc(N)nc4)n3)c2)CC1. The van der Waals surface area contributed by atoms with E-state index in [0.717, 1.165) is 55.6 Å². The van der Waals surface area contributed by atoms with Crippen molar-refractivity contribution >= 4 is 17.5 Å². The molecular formula is C25H33N7. The Morgan fingerprint density at radius 3 is 2.75 bits per heavy atom. The van der Waals surface area contributed by atoms with Crippen LogP contribution >= 0.6 is 0 Å². The molecule has 0 unspecified atom stereocenters. The summed E-state index contributed by atoms with van der Waals surface area (Å²) in [5, 5.41) is 6.91. The van der Waals surface area contributed by atoms with E-state index in [9.17, 15) is 0 Å². The van der Waals surface area contributed by atoms with Crippen molar-refractivity contribution < 1.29 is 0 Å². The molecule has 4 N–H and O–H groups in total. The highest BCUT2D eigenvalue weighted by Gasteiger charge is 2.19. The second-order valence-corrected chi connectivity index (χ2v) is 8.49. The smallest absolute Gasteiger partial charge is 0.227 e. The van der Waals surface area contributed by atoms with E-state index in [1.165, 1.54) is 24.8 Å². The molecule has 0 aliphatic carbocycles. The Kier molecular flexibility index (Phi) is 7.64. The number of pyridine rings is 1. The van der Waals surface area contributed by atoms with Crippen molar-refractivity contribution in [1.82, 2.24) is 25.2 Å². The summed E-state index contributed by atoms with van der Waals surface area (Å²) >= 11 is 0. The van der Waals surface area contributed by atoms with Crippen molar-refractivity contribution in [3.8, 4) is 11.3 Å². The number of nitrogens with one attached hydrogen (secondary N) is 2. The van der Waals surface area contributed by atoms with Crippen LogP contribution in [0.1, 0.15) is 31.7 Å². The number of hydrogen-bond donors (Lipinski definition) is 3. The van der Waals surface area contributed by atoms with E-state index in [1.807, 2.05) is 12.1 Å². The minimum absolute atomic E-state index is 0.496. The van der Waals surface area contributed by atoms with Crippen molar-refractivity contribution in [1.29, 1.82) is 0 Å². The molecule has 168 valence electrons. The molecule has 3 aromatic rings. The van der Waals surface area contributed by atoms with Gasteiger partial charge in [0, 0.05) is 30.2 Å².